The van der Waals surface area contributed by atoms with Gasteiger partial charge in [0, 0.05) is 5.57 Å². The minimum absolute atomic E-state index is 0.127. The molecule has 0 aliphatic rings. The lowest BCUT2D eigenvalue weighted by molar-refractivity contribution is -0.849. The van der Waals surface area contributed by atoms with E-state index in [1.54, 1.807) is 0 Å². The lowest BCUT2D eigenvalue weighted by Crippen LogP contribution is -2.27. The number of nitrogens with zero attached hydrogens (tertiary/aromatic N) is 1. The van der Waals surface area contributed by atoms with Crippen molar-refractivity contribution < 1.29 is 32.1 Å². The zero-order valence-corrected chi connectivity index (χ0v) is 12.9. The molecule has 0 aromatic heterocycles. The molecule has 0 saturated heterocycles. The van der Waals surface area contributed by atoms with Crippen molar-refractivity contribution in [2.24, 2.45) is 0 Å². The first-order chi connectivity index (χ1) is 8.22. The summed E-state index contributed by atoms with van der Waals surface area (Å²) in [6, 6.07) is 0. The molecule has 0 aliphatic heterocycles. The number of esters is 1. The van der Waals surface area contributed by atoms with Crippen molar-refractivity contribution in [3.8, 4) is 0 Å². The highest BCUT2D eigenvalue weighted by atomic mass is 32.2. The summed E-state index contributed by atoms with van der Waals surface area (Å²) in [5.41, 5.74) is 0.127. The van der Waals surface area contributed by atoms with Crippen LogP contribution in [0.15, 0.2) is 12.2 Å². The van der Waals surface area contributed by atoms with E-state index in [-0.39, 0.29) is 5.57 Å². The third-order valence-electron chi connectivity index (χ3n) is 1.15. The molecule has 1 atom stereocenters. The molecule has 0 heterocycles. The van der Waals surface area contributed by atoms with Crippen molar-refractivity contribution in [1.82, 2.24) is 0 Å². The summed E-state index contributed by atoms with van der Waals surface area (Å²) in [5, 5.41) is 8.93. The van der Waals surface area contributed by atoms with E-state index in [1.165, 1.54) is 6.92 Å². The lowest BCUT2D eigenvalue weighted by atomic mass is 10.3. The summed E-state index contributed by atoms with van der Waals surface area (Å²) in [5.74, 6) is -1.72. The SMILES string of the molecule is C=C(C)C(=O)OCC(O)CS(=O)(=O)[O-].C[N+](C)(C)C. The van der Waals surface area contributed by atoms with Gasteiger partial charge in [-0.15, -0.1) is 0 Å². The molecule has 0 aromatic carbocycles. The van der Waals surface area contributed by atoms with Crippen molar-refractivity contribution in [3.05, 3.63) is 12.2 Å². The Kier molecular flexibility index (Phi) is 8.85. The molecular weight excluding hydrogens is 274 g/mol. The number of ether oxygens (including phenoxy) is 1. The van der Waals surface area contributed by atoms with E-state index in [9.17, 15) is 17.8 Å². The van der Waals surface area contributed by atoms with Crippen molar-refractivity contribution in [1.29, 1.82) is 0 Å². The molecular formula is C11H23NO6S. The maximum atomic E-state index is 10.8. The van der Waals surface area contributed by atoms with Gasteiger partial charge in [0.25, 0.3) is 0 Å². The van der Waals surface area contributed by atoms with E-state index in [2.05, 4.69) is 39.5 Å². The molecule has 114 valence electrons. The number of aliphatic hydroxyl groups excluding tert-OH is 1. The normalized spacial score (nSPS) is 13.0. The topological polar surface area (TPSA) is 104 Å². The van der Waals surface area contributed by atoms with Crippen LogP contribution in [0.4, 0.5) is 0 Å². The zero-order valence-electron chi connectivity index (χ0n) is 12.0. The Bertz CT molecular complexity index is 390. The van der Waals surface area contributed by atoms with Gasteiger partial charge in [0.15, 0.2) is 0 Å². The molecule has 0 aliphatic carbocycles. The fraction of sp³-hybridized carbons (Fsp3) is 0.727. The number of carbonyl (C=O) groups excluding carboxylic acids is 1. The highest BCUT2D eigenvalue weighted by molar-refractivity contribution is 7.85. The van der Waals surface area contributed by atoms with Crippen LogP contribution in [-0.4, -0.2) is 75.2 Å². The predicted octanol–water partition coefficient (Wildman–Crippen LogP) is -0.666. The van der Waals surface area contributed by atoms with Gasteiger partial charge in [-0.25, -0.2) is 13.2 Å². The first kappa shape index (κ1) is 20.4. The molecule has 0 radical (unpaired) electrons. The molecule has 0 fully saturated rings. The van der Waals surface area contributed by atoms with Crippen LogP contribution in [-0.2, 0) is 19.6 Å². The number of rotatable bonds is 5. The zero-order chi connectivity index (χ0) is 15.9. The third-order valence-corrected chi connectivity index (χ3v) is 1.94. The Balaban J connectivity index is 0. The monoisotopic (exact) mass is 297 g/mol. The van der Waals surface area contributed by atoms with Crippen LogP contribution in [0.1, 0.15) is 6.92 Å². The van der Waals surface area contributed by atoms with Gasteiger partial charge in [-0.05, 0) is 6.92 Å². The van der Waals surface area contributed by atoms with Crippen LogP contribution < -0.4 is 0 Å². The first-order valence-corrected chi connectivity index (χ1v) is 7.03. The van der Waals surface area contributed by atoms with E-state index in [0.717, 1.165) is 4.48 Å². The Morgan fingerprint density at radius 1 is 1.37 bits per heavy atom. The third kappa shape index (κ3) is 22.7. The van der Waals surface area contributed by atoms with Crippen LogP contribution in [0.5, 0.6) is 0 Å². The van der Waals surface area contributed by atoms with Gasteiger partial charge in [-0.2, -0.15) is 0 Å². The van der Waals surface area contributed by atoms with Gasteiger partial charge in [0.05, 0.1) is 44.1 Å². The summed E-state index contributed by atoms with van der Waals surface area (Å²) in [4.78, 5) is 10.8. The fourth-order valence-electron chi connectivity index (χ4n) is 0.579. The smallest absolute Gasteiger partial charge is 0.333 e. The summed E-state index contributed by atoms with van der Waals surface area (Å²) in [7, 11) is 3.99. The second-order valence-electron chi connectivity index (χ2n) is 5.44. The number of hydrogen-bond donors (Lipinski definition) is 1. The average molecular weight is 297 g/mol. The fourth-order valence-corrected chi connectivity index (χ4v) is 1.15. The minimum atomic E-state index is -4.51. The quantitative estimate of drug-likeness (QED) is 0.312. The van der Waals surface area contributed by atoms with E-state index < -0.39 is 34.6 Å². The largest absolute Gasteiger partial charge is 0.748 e. The maximum absolute atomic E-state index is 10.8. The van der Waals surface area contributed by atoms with Gasteiger partial charge in [0.1, 0.15) is 12.7 Å². The molecule has 19 heavy (non-hydrogen) atoms. The number of aliphatic hydroxyl groups is 1. The van der Waals surface area contributed by atoms with Crippen molar-refractivity contribution in [2.75, 3.05) is 40.6 Å². The molecule has 0 rings (SSSR count). The molecule has 1 N–H and O–H groups in total. The van der Waals surface area contributed by atoms with Crippen LogP contribution >= 0.6 is 0 Å². The second-order valence-corrected chi connectivity index (χ2v) is 6.89. The average Bonchev–Trinajstić information content (AvgIpc) is 2.08. The van der Waals surface area contributed by atoms with Crippen LogP contribution in [0, 0.1) is 0 Å². The standard InChI is InChI=1S/C7H12O6S.C4H12N/c1-5(2)7(9)13-3-6(8)4-14(10,11)12;1-5(2,3)4/h6,8H,1,3-4H2,2H3,(H,10,11,12);1-4H3/q;+1/p-1. The molecule has 0 bridgehead atoms. The summed E-state index contributed by atoms with van der Waals surface area (Å²) in [6.45, 7) is 4.14. The highest BCUT2D eigenvalue weighted by Gasteiger charge is 2.11. The molecule has 8 heteroatoms. The molecule has 1 unspecified atom stereocenters. The highest BCUT2D eigenvalue weighted by Crippen LogP contribution is 1.96. The summed E-state index contributed by atoms with van der Waals surface area (Å²) < 4.78 is 35.9. The summed E-state index contributed by atoms with van der Waals surface area (Å²) in [6.07, 6.45) is -1.50. The molecule has 7 nitrogen and oxygen atoms in total. The maximum Gasteiger partial charge on any atom is 0.333 e. The van der Waals surface area contributed by atoms with Gasteiger partial charge >= 0.3 is 5.97 Å². The number of carbonyl (C=O) groups is 1. The van der Waals surface area contributed by atoms with Gasteiger partial charge in [-0.1, -0.05) is 6.58 Å². The molecule has 0 aromatic rings. The van der Waals surface area contributed by atoms with Crippen molar-refractivity contribution in [3.63, 3.8) is 0 Å². The van der Waals surface area contributed by atoms with Gasteiger partial charge < -0.3 is 18.9 Å². The molecule has 0 spiro atoms. The second kappa shape index (κ2) is 8.26. The van der Waals surface area contributed by atoms with E-state index >= 15 is 0 Å². The Morgan fingerprint density at radius 3 is 2.00 bits per heavy atom. The van der Waals surface area contributed by atoms with E-state index in [1.807, 2.05) is 0 Å². The summed E-state index contributed by atoms with van der Waals surface area (Å²) >= 11 is 0. The van der Waals surface area contributed by atoms with Crippen molar-refractivity contribution >= 4 is 16.1 Å². The Morgan fingerprint density at radius 2 is 1.74 bits per heavy atom. The predicted molar refractivity (Wildman–Crippen MR) is 70.3 cm³/mol. The van der Waals surface area contributed by atoms with E-state index in [0.29, 0.717) is 0 Å². The van der Waals surface area contributed by atoms with Crippen molar-refractivity contribution in [2.45, 2.75) is 13.0 Å². The van der Waals surface area contributed by atoms with Crippen LogP contribution in [0.3, 0.4) is 0 Å². The van der Waals surface area contributed by atoms with Gasteiger partial charge in [0.2, 0.25) is 0 Å². The van der Waals surface area contributed by atoms with Crippen LogP contribution in [0.25, 0.3) is 0 Å². The molecule has 0 amide bonds. The number of hydrogen-bond acceptors (Lipinski definition) is 6. The Hall–Kier alpha value is -0.960. The lowest BCUT2D eigenvalue weighted by Gasteiger charge is -2.14. The Labute approximate surface area is 114 Å². The first-order valence-electron chi connectivity index (χ1n) is 5.45. The van der Waals surface area contributed by atoms with Crippen LogP contribution in [0.2, 0.25) is 0 Å². The van der Waals surface area contributed by atoms with E-state index in [4.69, 9.17) is 5.11 Å². The van der Waals surface area contributed by atoms with Gasteiger partial charge in [-0.3, -0.25) is 0 Å². The minimum Gasteiger partial charge on any atom is -0.748 e. The number of quaternary nitrogens is 1. The molecule has 0 saturated carbocycles.